The van der Waals surface area contributed by atoms with Crippen LogP contribution in [0.2, 0.25) is 0 Å². The fraction of sp³-hybridized carbons (Fsp3) is 0.769. The minimum absolute atomic E-state index is 0.0374. The Morgan fingerprint density at radius 2 is 1.74 bits per heavy atom. The molecule has 6 heteroatoms. The van der Waals surface area contributed by atoms with Crippen LogP contribution in [0.5, 0.6) is 0 Å². The van der Waals surface area contributed by atoms with Crippen LogP contribution in [-0.2, 0) is 14.4 Å². The van der Waals surface area contributed by atoms with Crippen LogP contribution in [0.15, 0.2) is 0 Å². The summed E-state index contributed by atoms with van der Waals surface area (Å²) in [5.41, 5.74) is -0.468. The molecule has 1 aliphatic carbocycles. The lowest BCUT2D eigenvalue weighted by Gasteiger charge is -2.43. The van der Waals surface area contributed by atoms with E-state index in [4.69, 9.17) is 0 Å². The summed E-state index contributed by atoms with van der Waals surface area (Å²) in [4.78, 5) is 36.9. The minimum atomic E-state index is -0.468. The maximum absolute atomic E-state index is 12.0. The van der Waals surface area contributed by atoms with Crippen molar-refractivity contribution < 1.29 is 14.4 Å². The van der Waals surface area contributed by atoms with Crippen LogP contribution in [0.4, 0.5) is 0 Å². The highest BCUT2D eigenvalue weighted by Gasteiger charge is 2.46. The fourth-order valence-corrected chi connectivity index (χ4v) is 3.37. The molecule has 0 aromatic carbocycles. The van der Waals surface area contributed by atoms with Crippen LogP contribution < -0.4 is 5.32 Å². The molecule has 2 aliphatic rings. The van der Waals surface area contributed by atoms with Gasteiger partial charge in [-0.3, -0.25) is 19.3 Å². The lowest BCUT2D eigenvalue weighted by atomic mass is 9.80. The van der Waals surface area contributed by atoms with E-state index in [1.165, 1.54) is 4.90 Å². The largest absolute Gasteiger partial charge is 0.353 e. The predicted molar refractivity (Wildman–Crippen MR) is 78.8 cm³/mol. The van der Waals surface area contributed by atoms with Crippen molar-refractivity contribution >= 4 is 40.3 Å². The van der Waals surface area contributed by atoms with E-state index < -0.39 is 5.54 Å². The quantitative estimate of drug-likeness (QED) is 0.457. The summed E-state index contributed by atoms with van der Waals surface area (Å²) in [5.74, 6) is -0.184. The first kappa shape index (κ1) is 14.7. The van der Waals surface area contributed by atoms with Crippen molar-refractivity contribution in [3.63, 3.8) is 0 Å². The second-order valence-corrected chi connectivity index (χ2v) is 6.08. The molecule has 1 aliphatic heterocycles. The van der Waals surface area contributed by atoms with Crippen LogP contribution in [0.1, 0.15) is 44.9 Å². The van der Waals surface area contributed by atoms with Crippen LogP contribution >= 0.6 is 22.6 Å². The van der Waals surface area contributed by atoms with Crippen molar-refractivity contribution in [1.82, 2.24) is 10.2 Å². The van der Waals surface area contributed by atoms with Crippen LogP contribution in [0.25, 0.3) is 0 Å². The summed E-state index contributed by atoms with van der Waals surface area (Å²) >= 11 is 2.01. The number of imide groups is 1. The Morgan fingerprint density at radius 3 is 2.26 bits per heavy atom. The van der Waals surface area contributed by atoms with Gasteiger partial charge in [0, 0.05) is 19.4 Å². The number of likely N-dealkylation sites (tertiary alicyclic amines) is 1. The summed E-state index contributed by atoms with van der Waals surface area (Å²) in [6, 6.07) is 0. The maximum atomic E-state index is 12.0. The standard InChI is InChI=1S/C13H19IN2O3/c14-8-10(17)15-9-13(6-2-1-3-7-13)16-11(18)4-5-12(16)19/h1-9H2,(H,15,17). The van der Waals surface area contributed by atoms with Gasteiger partial charge in [0.15, 0.2) is 0 Å². The number of nitrogens with one attached hydrogen (secondary N) is 1. The highest BCUT2D eigenvalue weighted by molar-refractivity contribution is 14.1. The van der Waals surface area contributed by atoms with Crippen molar-refractivity contribution in [2.24, 2.45) is 0 Å². The van der Waals surface area contributed by atoms with E-state index in [-0.39, 0.29) is 17.7 Å². The maximum Gasteiger partial charge on any atom is 0.230 e. The van der Waals surface area contributed by atoms with E-state index in [1.807, 2.05) is 22.6 Å². The molecule has 1 N–H and O–H groups in total. The summed E-state index contributed by atoms with van der Waals surface area (Å²) in [5, 5.41) is 2.87. The Labute approximate surface area is 126 Å². The van der Waals surface area contributed by atoms with E-state index in [2.05, 4.69) is 5.32 Å². The average molecular weight is 378 g/mol. The summed E-state index contributed by atoms with van der Waals surface area (Å²) in [6.45, 7) is 0.409. The molecule has 0 aromatic heterocycles. The molecular weight excluding hydrogens is 359 g/mol. The zero-order valence-corrected chi connectivity index (χ0v) is 13.1. The first-order chi connectivity index (χ1) is 9.09. The molecule has 0 atom stereocenters. The highest BCUT2D eigenvalue weighted by Crippen LogP contribution is 2.36. The molecule has 2 rings (SSSR count). The second-order valence-electron chi connectivity index (χ2n) is 5.32. The Hall–Kier alpha value is -0.660. The third-order valence-electron chi connectivity index (χ3n) is 4.05. The third kappa shape index (κ3) is 3.09. The fourth-order valence-electron chi connectivity index (χ4n) is 3.11. The number of amides is 3. The molecule has 2 fully saturated rings. The third-order valence-corrected chi connectivity index (χ3v) is 4.74. The van der Waals surface area contributed by atoms with Crippen molar-refractivity contribution in [2.75, 3.05) is 11.0 Å². The van der Waals surface area contributed by atoms with E-state index >= 15 is 0 Å². The van der Waals surface area contributed by atoms with Crippen LogP contribution in [0.3, 0.4) is 0 Å². The van der Waals surface area contributed by atoms with Crippen LogP contribution in [-0.4, -0.2) is 39.1 Å². The second kappa shape index (κ2) is 6.19. The zero-order valence-electron chi connectivity index (χ0n) is 10.9. The van der Waals surface area contributed by atoms with E-state index in [0.717, 1.165) is 32.1 Å². The van der Waals surface area contributed by atoms with Gasteiger partial charge in [0.05, 0.1) is 9.97 Å². The minimum Gasteiger partial charge on any atom is -0.353 e. The van der Waals surface area contributed by atoms with E-state index in [0.29, 0.717) is 23.8 Å². The zero-order chi connectivity index (χ0) is 13.9. The molecule has 1 saturated carbocycles. The molecule has 19 heavy (non-hydrogen) atoms. The lowest BCUT2D eigenvalue weighted by molar-refractivity contribution is -0.147. The normalized spacial score (nSPS) is 22.7. The lowest BCUT2D eigenvalue weighted by Crippen LogP contribution is -2.58. The molecule has 0 radical (unpaired) electrons. The van der Waals surface area contributed by atoms with Crippen molar-refractivity contribution in [3.05, 3.63) is 0 Å². The number of carbonyl (C=O) groups excluding carboxylic acids is 3. The first-order valence-corrected chi connectivity index (χ1v) is 8.30. The Balaban J connectivity index is 2.16. The van der Waals surface area contributed by atoms with Gasteiger partial charge < -0.3 is 5.32 Å². The molecule has 106 valence electrons. The van der Waals surface area contributed by atoms with Crippen LogP contribution in [0, 0.1) is 0 Å². The number of halogens is 1. The first-order valence-electron chi connectivity index (χ1n) is 6.78. The smallest absolute Gasteiger partial charge is 0.230 e. The predicted octanol–water partition coefficient (Wildman–Crippen LogP) is 1.39. The van der Waals surface area contributed by atoms with Gasteiger partial charge in [0.2, 0.25) is 17.7 Å². The summed E-state index contributed by atoms with van der Waals surface area (Å²) < 4.78 is 0.399. The Bertz CT molecular complexity index is 375. The van der Waals surface area contributed by atoms with Crippen molar-refractivity contribution in [1.29, 1.82) is 0 Å². The number of rotatable bonds is 4. The van der Waals surface area contributed by atoms with Gasteiger partial charge in [-0.05, 0) is 12.8 Å². The van der Waals surface area contributed by atoms with E-state index in [9.17, 15) is 14.4 Å². The highest BCUT2D eigenvalue weighted by atomic mass is 127. The van der Waals surface area contributed by atoms with E-state index in [1.54, 1.807) is 0 Å². The average Bonchev–Trinajstić information content (AvgIpc) is 2.77. The number of carbonyl (C=O) groups is 3. The molecule has 5 nitrogen and oxygen atoms in total. The molecule has 0 bridgehead atoms. The number of hydrogen-bond acceptors (Lipinski definition) is 3. The molecule has 3 amide bonds. The Morgan fingerprint density at radius 1 is 1.16 bits per heavy atom. The van der Waals surface area contributed by atoms with Gasteiger partial charge in [0.1, 0.15) is 0 Å². The molecule has 0 unspecified atom stereocenters. The summed E-state index contributed by atoms with van der Waals surface area (Å²) in [6.07, 6.45) is 5.42. The van der Waals surface area contributed by atoms with Gasteiger partial charge in [-0.15, -0.1) is 0 Å². The van der Waals surface area contributed by atoms with Gasteiger partial charge in [-0.2, -0.15) is 0 Å². The Kier molecular flexibility index (Phi) is 4.81. The number of hydrogen-bond donors (Lipinski definition) is 1. The van der Waals surface area contributed by atoms with Gasteiger partial charge in [-0.1, -0.05) is 41.9 Å². The molecule has 1 saturated heterocycles. The molecule has 0 aromatic rings. The van der Waals surface area contributed by atoms with Crippen molar-refractivity contribution in [3.8, 4) is 0 Å². The molecular formula is C13H19IN2O3. The molecule has 0 spiro atoms. The van der Waals surface area contributed by atoms with Gasteiger partial charge in [0.25, 0.3) is 0 Å². The molecule has 1 heterocycles. The number of nitrogens with zero attached hydrogens (tertiary/aromatic N) is 1. The SMILES string of the molecule is O=C(CI)NCC1(N2C(=O)CCC2=O)CCCCC1. The van der Waals surface area contributed by atoms with Gasteiger partial charge in [-0.25, -0.2) is 0 Å². The summed E-state index contributed by atoms with van der Waals surface area (Å²) in [7, 11) is 0. The van der Waals surface area contributed by atoms with Crippen molar-refractivity contribution in [2.45, 2.75) is 50.5 Å². The number of alkyl halides is 1. The monoisotopic (exact) mass is 378 g/mol. The van der Waals surface area contributed by atoms with Gasteiger partial charge >= 0.3 is 0 Å². The topological polar surface area (TPSA) is 66.5 Å².